The van der Waals surface area contributed by atoms with Gasteiger partial charge in [-0.05, 0) is 50.5 Å². The highest BCUT2D eigenvalue weighted by Gasteiger charge is 2.25. The summed E-state index contributed by atoms with van der Waals surface area (Å²) < 4.78 is 1.47. The Morgan fingerprint density at radius 1 is 1.00 bits per heavy atom. The van der Waals surface area contributed by atoms with E-state index in [1.165, 1.54) is 4.57 Å². The topological polar surface area (TPSA) is 71.0 Å². The molecule has 2 aromatic heterocycles. The van der Waals surface area contributed by atoms with Crippen molar-refractivity contribution in [2.75, 3.05) is 13.1 Å². The van der Waals surface area contributed by atoms with Crippen LogP contribution in [0.5, 0.6) is 0 Å². The molecule has 0 saturated carbocycles. The molecule has 0 spiro atoms. The van der Waals surface area contributed by atoms with Crippen LogP contribution in [0.2, 0.25) is 0 Å². The van der Waals surface area contributed by atoms with Crippen molar-refractivity contribution in [3.05, 3.63) is 76.5 Å². The van der Waals surface area contributed by atoms with Gasteiger partial charge in [-0.1, -0.05) is 30.3 Å². The van der Waals surface area contributed by atoms with Gasteiger partial charge in [-0.3, -0.25) is 14.2 Å². The maximum Gasteiger partial charge on any atom is 0.271 e. The zero-order valence-corrected chi connectivity index (χ0v) is 17.5. The van der Waals surface area contributed by atoms with E-state index in [9.17, 15) is 9.59 Å². The van der Waals surface area contributed by atoms with Gasteiger partial charge in [-0.15, -0.1) is 0 Å². The maximum atomic E-state index is 13.7. The molecule has 1 aliphatic rings. The number of amides is 1. The minimum atomic E-state index is -0.223. The molecule has 0 bridgehead atoms. The highest BCUT2D eigenvalue weighted by molar-refractivity contribution is 6.19. The van der Waals surface area contributed by atoms with Crippen LogP contribution in [-0.4, -0.2) is 38.4 Å². The smallest absolute Gasteiger partial charge is 0.271 e. The van der Waals surface area contributed by atoms with Gasteiger partial charge in [0.2, 0.25) is 0 Å². The zero-order chi connectivity index (χ0) is 21.4. The van der Waals surface area contributed by atoms with E-state index in [4.69, 9.17) is 0 Å². The van der Waals surface area contributed by atoms with E-state index in [1.54, 1.807) is 13.0 Å². The molecule has 0 atom stereocenters. The summed E-state index contributed by atoms with van der Waals surface area (Å²) in [5, 5.41) is 1.51. The molecule has 1 amide bonds. The molecule has 1 N–H and O–H groups in total. The van der Waals surface area contributed by atoms with Crippen molar-refractivity contribution >= 4 is 39.5 Å². The standard InChI is InChI=1S/C25H24N4O2/c1-17-27-22-12-6-4-10-20(22)24(30)29(17)23(25(31)28-13-7-2-8-14-28)15-18-16-26-21-11-5-3-9-19(18)21/h3-6,9-12,15-16,26H,2,7-8,13-14H2,1H3/b23-15+. The summed E-state index contributed by atoms with van der Waals surface area (Å²) in [7, 11) is 0. The summed E-state index contributed by atoms with van der Waals surface area (Å²) in [5.41, 5.74) is 2.61. The molecule has 6 nitrogen and oxygen atoms in total. The van der Waals surface area contributed by atoms with E-state index in [0.717, 1.165) is 35.7 Å². The molecular formula is C25H24N4O2. The third-order valence-electron chi connectivity index (χ3n) is 5.96. The number of piperidine rings is 1. The second kappa shape index (κ2) is 7.87. The van der Waals surface area contributed by atoms with Crippen LogP contribution in [0.3, 0.4) is 0 Å². The number of rotatable bonds is 3. The molecular weight excluding hydrogens is 388 g/mol. The summed E-state index contributed by atoms with van der Waals surface area (Å²) in [6.07, 6.45) is 6.79. The van der Waals surface area contributed by atoms with Crippen LogP contribution in [-0.2, 0) is 4.79 Å². The first-order valence-corrected chi connectivity index (χ1v) is 10.7. The number of aryl methyl sites for hydroxylation is 1. The molecule has 5 rings (SSSR count). The number of nitrogens with one attached hydrogen (secondary N) is 1. The van der Waals surface area contributed by atoms with E-state index in [2.05, 4.69) is 9.97 Å². The van der Waals surface area contributed by atoms with Gasteiger partial charge < -0.3 is 9.88 Å². The molecule has 31 heavy (non-hydrogen) atoms. The fourth-order valence-electron chi connectivity index (χ4n) is 4.37. The summed E-state index contributed by atoms with van der Waals surface area (Å²) in [4.78, 5) is 36.9. The first-order chi connectivity index (χ1) is 15.1. The lowest BCUT2D eigenvalue weighted by Crippen LogP contribution is -2.39. The molecule has 1 aliphatic heterocycles. The number of nitrogens with zero attached hydrogens (tertiary/aromatic N) is 3. The highest BCUT2D eigenvalue weighted by Crippen LogP contribution is 2.24. The van der Waals surface area contributed by atoms with Crippen molar-refractivity contribution < 1.29 is 4.79 Å². The molecule has 156 valence electrons. The number of hydrogen-bond acceptors (Lipinski definition) is 3. The van der Waals surface area contributed by atoms with Crippen molar-refractivity contribution in [2.24, 2.45) is 0 Å². The number of aromatic amines is 1. The Bertz CT molecular complexity index is 1370. The van der Waals surface area contributed by atoms with Gasteiger partial charge in [-0.25, -0.2) is 4.98 Å². The monoisotopic (exact) mass is 412 g/mol. The summed E-state index contributed by atoms with van der Waals surface area (Å²) >= 11 is 0. The number of hydrogen-bond donors (Lipinski definition) is 1. The molecule has 3 heterocycles. The number of aromatic nitrogens is 3. The molecule has 0 aliphatic carbocycles. The van der Waals surface area contributed by atoms with Gasteiger partial charge in [0, 0.05) is 35.8 Å². The Balaban J connectivity index is 1.74. The second-order valence-corrected chi connectivity index (χ2v) is 7.99. The fourth-order valence-corrected chi connectivity index (χ4v) is 4.37. The number of H-pyrrole nitrogens is 1. The van der Waals surface area contributed by atoms with Crippen LogP contribution in [0, 0.1) is 6.92 Å². The van der Waals surface area contributed by atoms with Gasteiger partial charge in [-0.2, -0.15) is 0 Å². The van der Waals surface area contributed by atoms with E-state index < -0.39 is 0 Å². The third kappa shape index (κ3) is 3.44. The van der Waals surface area contributed by atoms with Crippen LogP contribution in [0.1, 0.15) is 30.7 Å². The number of para-hydroxylation sites is 2. The normalized spacial score (nSPS) is 15.0. The molecule has 0 radical (unpaired) electrons. The lowest BCUT2D eigenvalue weighted by molar-refractivity contribution is -0.126. The third-order valence-corrected chi connectivity index (χ3v) is 5.96. The predicted octanol–water partition coefficient (Wildman–Crippen LogP) is 4.20. The summed E-state index contributed by atoms with van der Waals surface area (Å²) in [6, 6.07) is 15.2. The lowest BCUT2D eigenvalue weighted by atomic mass is 10.1. The molecule has 4 aromatic rings. The lowest BCUT2D eigenvalue weighted by Gasteiger charge is -2.28. The maximum absolute atomic E-state index is 13.7. The summed E-state index contributed by atoms with van der Waals surface area (Å²) in [5.74, 6) is 0.368. The van der Waals surface area contributed by atoms with Crippen LogP contribution < -0.4 is 5.56 Å². The molecule has 1 saturated heterocycles. The van der Waals surface area contributed by atoms with Crippen LogP contribution in [0.25, 0.3) is 33.6 Å². The predicted molar refractivity (Wildman–Crippen MR) is 124 cm³/mol. The number of carbonyl (C=O) groups is 1. The first kappa shape index (κ1) is 19.3. The first-order valence-electron chi connectivity index (χ1n) is 10.7. The van der Waals surface area contributed by atoms with Gasteiger partial charge >= 0.3 is 0 Å². The summed E-state index contributed by atoms with van der Waals surface area (Å²) in [6.45, 7) is 3.19. The van der Waals surface area contributed by atoms with Crippen molar-refractivity contribution in [3.63, 3.8) is 0 Å². The Morgan fingerprint density at radius 3 is 2.52 bits per heavy atom. The van der Waals surface area contributed by atoms with Crippen molar-refractivity contribution in [2.45, 2.75) is 26.2 Å². The van der Waals surface area contributed by atoms with E-state index >= 15 is 0 Å². The minimum absolute atomic E-state index is 0.132. The molecule has 0 unspecified atom stereocenters. The average Bonchev–Trinajstić information content (AvgIpc) is 3.21. The number of fused-ring (bicyclic) bond motifs is 2. The van der Waals surface area contributed by atoms with E-state index in [-0.39, 0.29) is 11.5 Å². The number of carbonyl (C=O) groups excluding carboxylic acids is 1. The van der Waals surface area contributed by atoms with Gasteiger partial charge in [0.25, 0.3) is 11.5 Å². The second-order valence-electron chi connectivity index (χ2n) is 7.99. The highest BCUT2D eigenvalue weighted by atomic mass is 16.2. The number of benzene rings is 2. The van der Waals surface area contributed by atoms with E-state index in [0.29, 0.717) is 35.5 Å². The Labute approximate surface area is 179 Å². The number of likely N-dealkylation sites (tertiary alicyclic amines) is 1. The van der Waals surface area contributed by atoms with E-state index in [1.807, 2.05) is 59.6 Å². The van der Waals surface area contributed by atoms with Crippen LogP contribution >= 0.6 is 0 Å². The van der Waals surface area contributed by atoms with Crippen LogP contribution in [0.4, 0.5) is 0 Å². The molecule has 2 aromatic carbocycles. The quantitative estimate of drug-likeness (QED) is 0.513. The van der Waals surface area contributed by atoms with Gasteiger partial charge in [0.15, 0.2) is 0 Å². The van der Waals surface area contributed by atoms with Crippen molar-refractivity contribution in [3.8, 4) is 0 Å². The minimum Gasteiger partial charge on any atom is -0.361 e. The average molecular weight is 412 g/mol. The van der Waals surface area contributed by atoms with Crippen molar-refractivity contribution in [1.82, 2.24) is 19.4 Å². The Kier molecular flexibility index (Phi) is 4.90. The Hall–Kier alpha value is -3.67. The Morgan fingerprint density at radius 2 is 1.71 bits per heavy atom. The van der Waals surface area contributed by atoms with Crippen molar-refractivity contribution in [1.29, 1.82) is 0 Å². The van der Waals surface area contributed by atoms with Gasteiger partial charge in [0.05, 0.1) is 10.9 Å². The fraction of sp³-hybridized carbons (Fsp3) is 0.240. The van der Waals surface area contributed by atoms with Gasteiger partial charge in [0.1, 0.15) is 11.5 Å². The van der Waals surface area contributed by atoms with Crippen LogP contribution in [0.15, 0.2) is 59.5 Å². The zero-order valence-electron chi connectivity index (χ0n) is 17.5. The largest absolute Gasteiger partial charge is 0.361 e. The molecule has 6 heteroatoms. The SMILES string of the molecule is Cc1nc2ccccc2c(=O)n1/C(=C/c1c[nH]c2ccccc12)C(=O)N1CCCCC1. The molecule has 1 fully saturated rings.